The number of carbonyl (C=O) groups is 1. The molecule has 0 fully saturated rings. The summed E-state index contributed by atoms with van der Waals surface area (Å²) in [6, 6.07) is 13.9. The zero-order valence-corrected chi connectivity index (χ0v) is 14.9. The summed E-state index contributed by atoms with van der Waals surface area (Å²) < 4.78 is 16.2. The van der Waals surface area contributed by atoms with Crippen LogP contribution in [0.2, 0.25) is 0 Å². The Labute approximate surface area is 153 Å². The van der Waals surface area contributed by atoms with Crippen LogP contribution in [-0.2, 0) is 6.54 Å². The van der Waals surface area contributed by atoms with Crippen molar-refractivity contribution >= 4 is 33.3 Å². The van der Waals surface area contributed by atoms with Gasteiger partial charge in [0, 0.05) is 12.7 Å². The molecule has 1 aromatic carbocycles. The molecule has 0 unspecified atom stereocenters. The van der Waals surface area contributed by atoms with Gasteiger partial charge in [-0.3, -0.25) is 4.79 Å². The maximum atomic E-state index is 13.2. The molecule has 6 heteroatoms. The first kappa shape index (κ1) is 16.5. The zero-order valence-electron chi connectivity index (χ0n) is 14.1. The highest BCUT2D eigenvalue weighted by atomic mass is 32.1. The van der Waals surface area contributed by atoms with Crippen LogP contribution in [-0.4, -0.2) is 15.5 Å². The predicted octanol–water partition coefficient (Wildman–Crippen LogP) is 4.85. The molecule has 0 saturated carbocycles. The van der Waals surface area contributed by atoms with E-state index >= 15 is 0 Å². The van der Waals surface area contributed by atoms with E-state index in [0.717, 1.165) is 21.3 Å². The van der Waals surface area contributed by atoms with Crippen LogP contribution < -0.4 is 5.32 Å². The van der Waals surface area contributed by atoms with Crippen molar-refractivity contribution in [2.45, 2.75) is 13.5 Å². The number of nitrogens with zero attached hydrogens (tertiary/aromatic N) is 2. The van der Waals surface area contributed by atoms with E-state index in [2.05, 4.69) is 10.3 Å². The summed E-state index contributed by atoms with van der Waals surface area (Å²) in [7, 11) is 0. The number of rotatable bonds is 4. The van der Waals surface area contributed by atoms with Crippen molar-refractivity contribution in [1.82, 2.24) is 9.55 Å². The number of aromatic nitrogens is 2. The first-order valence-corrected chi connectivity index (χ1v) is 9.03. The molecular formula is C20H16FN3OS. The molecule has 1 N–H and O–H groups in total. The molecule has 0 aliphatic rings. The Morgan fingerprint density at radius 3 is 2.77 bits per heavy atom. The Morgan fingerprint density at radius 2 is 2.00 bits per heavy atom. The number of carbonyl (C=O) groups excluding carboxylic acids is 1. The highest BCUT2D eigenvalue weighted by molar-refractivity contribution is 7.17. The van der Waals surface area contributed by atoms with Crippen LogP contribution in [0.4, 0.5) is 10.2 Å². The van der Waals surface area contributed by atoms with Gasteiger partial charge in [-0.1, -0.05) is 12.1 Å². The molecule has 0 atom stereocenters. The second-order valence-corrected chi connectivity index (χ2v) is 7.03. The Kier molecular flexibility index (Phi) is 4.26. The molecule has 0 saturated heterocycles. The average Bonchev–Trinajstić information content (AvgIpc) is 3.19. The number of nitrogens with one attached hydrogen (secondary N) is 1. The fraction of sp³-hybridized carbons (Fsp3) is 0.100. The summed E-state index contributed by atoms with van der Waals surface area (Å²) in [6.45, 7) is 2.44. The third kappa shape index (κ3) is 3.23. The molecule has 3 heterocycles. The lowest BCUT2D eigenvalue weighted by Crippen LogP contribution is -2.18. The molecule has 0 aliphatic carbocycles. The molecule has 3 aromatic heterocycles. The third-order valence-electron chi connectivity index (χ3n) is 4.17. The first-order chi connectivity index (χ1) is 12.6. The second kappa shape index (κ2) is 6.72. The molecule has 0 radical (unpaired) electrons. The smallest absolute Gasteiger partial charge is 0.273 e. The van der Waals surface area contributed by atoms with Crippen molar-refractivity contribution in [3.63, 3.8) is 0 Å². The molecule has 26 heavy (non-hydrogen) atoms. The van der Waals surface area contributed by atoms with E-state index in [-0.39, 0.29) is 11.7 Å². The van der Waals surface area contributed by atoms with Gasteiger partial charge < -0.3 is 9.88 Å². The largest absolute Gasteiger partial charge is 0.331 e. The summed E-state index contributed by atoms with van der Waals surface area (Å²) in [6.07, 6.45) is 1.67. The Hall–Kier alpha value is -2.99. The molecule has 0 spiro atoms. The Balaban J connectivity index is 1.69. The minimum Gasteiger partial charge on any atom is -0.331 e. The minimum atomic E-state index is -0.273. The fourth-order valence-corrected chi connectivity index (χ4v) is 3.72. The third-order valence-corrected chi connectivity index (χ3v) is 5.02. The van der Waals surface area contributed by atoms with E-state index in [0.29, 0.717) is 18.1 Å². The number of aryl methyl sites for hydroxylation is 1. The summed E-state index contributed by atoms with van der Waals surface area (Å²) in [5, 5.41) is 4.85. The molecule has 4 rings (SSSR count). The van der Waals surface area contributed by atoms with Crippen molar-refractivity contribution < 1.29 is 9.18 Å². The van der Waals surface area contributed by atoms with Crippen LogP contribution in [0.5, 0.6) is 0 Å². The SMILES string of the molecule is Cc1ccnc(NC(=O)c2cc3sccc3n2Cc2ccc(F)cc2)c1. The molecule has 1 amide bonds. The summed E-state index contributed by atoms with van der Waals surface area (Å²) in [5.41, 5.74) is 3.50. The van der Waals surface area contributed by atoms with Gasteiger partial charge in [-0.25, -0.2) is 9.37 Å². The zero-order chi connectivity index (χ0) is 18.1. The summed E-state index contributed by atoms with van der Waals surface area (Å²) in [5.74, 6) is 0.0342. The standard InChI is InChI=1S/C20H16FN3OS/c1-13-6-8-22-19(10-13)23-20(25)17-11-18-16(7-9-26-18)24(17)12-14-2-4-15(21)5-3-14/h2-11H,12H2,1H3,(H,22,23,25). The number of halogens is 1. The number of hydrogen-bond donors (Lipinski definition) is 1. The van der Waals surface area contributed by atoms with Crippen molar-refractivity contribution in [2.75, 3.05) is 5.32 Å². The highest BCUT2D eigenvalue weighted by Gasteiger charge is 2.17. The van der Waals surface area contributed by atoms with Crippen LogP contribution in [0.25, 0.3) is 10.2 Å². The van der Waals surface area contributed by atoms with Crippen LogP contribution in [0, 0.1) is 12.7 Å². The van der Waals surface area contributed by atoms with Crippen molar-refractivity contribution in [3.8, 4) is 0 Å². The summed E-state index contributed by atoms with van der Waals surface area (Å²) in [4.78, 5) is 17.0. The number of benzene rings is 1. The highest BCUT2D eigenvalue weighted by Crippen LogP contribution is 2.27. The van der Waals surface area contributed by atoms with Gasteiger partial charge in [-0.05, 0) is 59.8 Å². The maximum absolute atomic E-state index is 13.2. The van der Waals surface area contributed by atoms with E-state index in [1.54, 1.807) is 29.7 Å². The van der Waals surface area contributed by atoms with Crippen molar-refractivity contribution in [2.24, 2.45) is 0 Å². The van der Waals surface area contributed by atoms with Crippen molar-refractivity contribution in [1.29, 1.82) is 0 Å². The van der Waals surface area contributed by atoms with Gasteiger partial charge in [0.25, 0.3) is 5.91 Å². The number of pyridine rings is 1. The Morgan fingerprint density at radius 1 is 1.19 bits per heavy atom. The second-order valence-electron chi connectivity index (χ2n) is 6.08. The predicted molar refractivity (Wildman–Crippen MR) is 102 cm³/mol. The molecular weight excluding hydrogens is 349 g/mol. The van der Waals surface area contributed by atoms with E-state index < -0.39 is 0 Å². The molecule has 0 bridgehead atoms. The van der Waals surface area contributed by atoms with Gasteiger partial charge in [0.15, 0.2) is 0 Å². The lowest BCUT2D eigenvalue weighted by molar-refractivity contribution is 0.101. The van der Waals surface area contributed by atoms with E-state index in [4.69, 9.17) is 0 Å². The van der Waals surface area contributed by atoms with E-state index in [9.17, 15) is 9.18 Å². The average molecular weight is 365 g/mol. The number of hydrogen-bond acceptors (Lipinski definition) is 3. The summed E-state index contributed by atoms with van der Waals surface area (Å²) >= 11 is 1.59. The van der Waals surface area contributed by atoms with Gasteiger partial charge in [0.1, 0.15) is 17.3 Å². The van der Waals surface area contributed by atoms with Gasteiger partial charge in [-0.15, -0.1) is 11.3 Å². The lowest BCUT2D eigenvalue weighted by Gasteiger charge is -2.11. The minimum absolute atomic E-state index is 0.214. The van der Waals surface area contributed by atoms with Gasteiger partial charge in [0.05, 0.1) is 10.2 Å². The number of anilines is 1. The van der Waals surface area contributed by atoms with Crippen LogP contribution in [0.3, 0.4) is 0 Å². The maximum Gasteiger partial charge on any atom is 0.273 e. The number of fused-ring (bicyclic) bond motifs is 1. The first-order valence-electron chi connectivity index (χ1n) is 8.15. The van der Waals surface area contributed by atoms with Gasteiger partial charge in [0.2, 0.25) is 0 Å². The van der Waals surface area contributed by atoms with Crippen LogP contribution >= 0.6 is 11.3 Å². The fourth-order valence-electron chi connectivity index (χ4n) is 2.89. The topological polar surface area (TPSA) is 46.9 Å². The number of thiophene rings is 1. The van der Waals surface area contributed by atoms with Gasteiger partial charge >= 0.3 is 0 Å². The Bertz CT molecular complexity index is 1080. The monoisotopic (exact) mass is 365 g/mol. The van der Waals surface area contributed by atoms with Gasteiger partial charge in [-0.2, -0.15) is 0 Å². The lowest BCUT2D eigenvalue weighted by atomic mass is 10.2. The number of amides is 1. The van der Waals surface area contributed by atoms with Crippen molar-refractivity contribution in [3.05, 3.63) is 82.7 Å². The van der Waals surface area contributed by atoms with Crippen LogP contribution in [0.1, 0.15) is 21.6 Å². The van der Waals surface area contributed by atoms with E-state index in [1.807, 2.05) is 41.1 Å². The molecule has 130 valence electrons. The molecule has 4 aromatic rings. The molecule has 4 nitrogen and oxygen atoms in total. The normalized spacial score (nSPS) is 11.0. The van der Waals surface area contributed by atoms with E-state index in [1.165, 1.54) is 12.1 Å². The van der Waals surface area contributed by atoms with Crippen LogP contribution in [0.15, 0.2) is 60.1 Å². The molecule has 0 aliphatic heterocycles. The quantitative estimate of drug-likeness (QED) is 0.562.